The van der Waals surface area contributed by atoms with Gasteiger partial charge in [-0.1, -0.05) is 37.6 Å². The topological polar surface area (TPSA) is 62.8 Å². The van der Waals surface area contributed by atoms with Crippen LogP contribution in [0.15, 0.2) is 76.7 Å². The van der Waals surface area contributed by atoms with Crippen molar-refractivity contribution in [3.05, 3.63) is 83.2 Å². The summed E-state index contributed by atoms with van der Waals surface area (Å²) in [7, 11) is 0. The van der Waals surface area contributed by atoms with Crippen LogP contribution in [0, 0.1) is 28.6 Å². The maximum Gasteiger partial charge on any atom is 0.339 e. The summed E-state index contributed by atoms with van der Waals surface area (Å²) >= 11 is 0. The molecule has 3 fully saturated rings. The van der Waals surface area contributed by atoms with Crippen LogP contribution >= 0.6 is 0 Å². The monoisotopic (exact) mass is 713 g/mol. The first-order chi connectivity index (χ1) is 25.6. The number of esters is 1. The molecule has 6 aliphatic rings. The number of anilines is 1. The van der Waals surface area contributed by atoms with Crippen molar-refractivity contribution in [2.75, 3.05) is 31.1 Å². The van der Waals surface area contributed by atoms with Gasteiger partial charge in [0.2, 0.25) is 5.36 Å². The number of ether oxygens (including phenoxy) is 1. The Balaban J connectivity index is 1.16. The Morgan fingerprint density at radius 2 is 1.66 bits per heavy atom. The second-order valence-electron chi connectivity index (χ2n) is 16.7. The van der Waals surface area contributed by atoms with Crippen molar-refractivity contribution in [2.24, 2.45) is 28.6 Å². The molecule has 1 heterocycles. The lowest BCUT2D eigenvalue weighted by molar-refractivity contribution is -0.118. The Hall–Kier alpha value is -4.19. The average Bonchev–Trinajstić information content (AvgIpc) is 3.50. The smallest absolute Gasteiger partial charge is 0.339 e. The van der Waals surface area contributed by atoms with E-state index in [4.69, 9.17) is 9.15 Å². The van der Waals surface area contributed by atoms with Gasteiger partial charge in [0.25, 0.3) is 0 Å². The molecule has 5 aliphatic carbocycles. The molecule has 2 aromatic carbocycles. The summed E-state index contributed by atoms with van der Waals surface area (Å²) in [6.07, 6.45) is 9.94. The highest BCUT2D eigenvalue weighted by atomic mass is 16.5. The second kappa shape index (κ2) is 13.9. The first-order valence-electron chi connectivity index (χ1n) is 20.5. The largest absolute Gasteiger partial charge is 0.458 e. The van der Waals surface area contributed by atoms with E-state index in [1.54, 1.807) is 0 Å². The van der Waals surface area contributed by atoms with E-state index in [0.29, 0.717) is 35.5 Å². The first kappa shape index (κ1) is 35.8. The van der Waals surface area contributed by atoms with Gasteiger partial charge < -0.3 is 14.1 Å². The average molecular weight is 714 g/mol. The molecule has 0 amide bonds. The fourth-order valence-electron chi connectivity index (χ4n) is 11.5. The van der Waals surface area contributed by atoms with E-state index in [2.05, 4.69) is 93.5 Å². The molecule has 0 bridgehead atoms. The molecule has 0 N–H and O–H groups in total. The van der Waals surface area contributed by atoms with Gasteiger partial charge in [0, 0.05) is 59.3 Å². The predicted molar refractivity (Wildman–Crippen MR) is 214 cm³/mol. The van der Waals surface area contributed by atoms with Crippen molar-refractivity contribution in [2.45, 2.75) is 99.0 Å². The summed E-state index contributed by atoms with van der Waals surface area (Å²) in [5, 5.41) is 2.11. The van der Waals surface area contributed by atoms with Crippen LogP contribution in [0.2, 0.25) is 0 Å². The third kappa shape index (κ3) is 5.86. The highest BCUT2D eigenvalue weighted by molar-refractivity contribution is 6.08. The molecular weight excluding hydrogens is 657 g/mol. The molecular formula is C47H57N2O4+. The molecule has 0 radical (unpaired) electrons. The van der Waals surface area contributed by atoms with Crippen LogP contribution in [0.25, 0.3) is 33.4 Å². The maximum atomic E-state index is 14.6. The molecule has 278 valence electrons. The molecule has 0 aromatic heterocycles. The molecule has 8 rings (SSSR count). The maximum absolute atomic E-state index is 14.6. The zero-order valence-corrected chi connectivity index (χ0v) is 32.7. The van der Waals surface area contributed by atoms with Crippen molar-refractivity contribution in [1.29, 1.82) is 0 Å². The molecule has 0 spiro atoms. The van der Waals surface area contributed by atoms with Crippen molar-refractivity contribution >= 4 is 28.4 Å². The summed E-state index contributed by atoms with van der Waals surface area (Å²) in [6.45, 7) is 17.2. The molecule has 3 saturated carbocycles. The number of ketones is 1. The highest BCUT2D eigenvalue weighted by Gasteiger charge is 2.60. The van der Waals surface area contributed by atoms with E-state index in [-0.39, 0.29) is 22.9 Å². The molecule has 6 heteroatoms. The lowest BCUT2D eigenvalue weighted by Crippen LogP contribution is -2.51. The number of hydrogen-bond acceptors (Lipinski definition) is 5. The number of nitrogens with zero attached hydrogens (tertiary/aromatic N) is 2. The van der Waals surface area contributed by atoms with Gasteiger partial charge in [0.05, 0.1) is 11.6 Å². The molecule has 0 saturated heterocycles. The lowest BCUT2D eigenvalue weighted by atomic mass is 9.47. The molecule has 2 aromatic rings. The van der Waals surface area contributed by atoms with Crippen molar-refractivity contribution in [3.63, 3.8) is 0 Å². The van der Waals surface area contributed by atoms with Crippen molar-refractivity contribution in [1.82, 2.24) is 4.58 Å². The number of rotatable bonds is 8. The zero-order chi connectivity index (χ0) is 37.1. The Morgan fingerprint density at radius 1 is 0.868 bits per heavy atom. The molecule has 53 heavy (non-hydrogen) atoms. The van der Waals surface area contributed by atoms with Crippen LogP contribution in [0.1, 0.15) is 103 Å². The minimum Gasteiger partial charge on any atom is -0.458 e. The second-order valence-corrected chi connectivity index (χ2v) is 16.7. The Morgan fingerprint density at radius 3 is 2.43 bits per heavy atom. The van der Waals surface area contributed by atoms with E-state index in [9.17, 15) is 9.59 Å². The minimum atomic E-state index is -0.233. The fourth-order valence-corrected chi connectivity index (χ4v) is 11.5. The number of carbonyl (C=O) groups is 2. The zero-order valence-electron chi connectivity index (χ0n) is 32.7. The van der Waals surface area contributed by atoms with Gasteiger partial charge in [-0.3, -0.25) is 4.79 Å². The molecule has 6 nitrogen and oxygen atoms in total. The standard InChI is InChI=1S/C47H57N2O4/c1-7-48(8-2)31-16-19-37-41(28-31)52-42-29-32(49(9-3)10-4)17-20-38(42)44(37)34-13-11-12-14-35(34)45(51)53-43-22-21-39-36-18-15-30-27-33(50)23-25-46(30,5)40(36)24-26-47(39,43)6/h11-14,16-17,19-20,27-29,36,39-40,43H,7-10,15,18,21-26H2,1-6H3/q+1/t36-,39-,40-,43-,46-,47-/m0/s1. The lowest BCUT2D eigenvalue weighted by Gasteiger charge is -2.57. The van der Waals surface area contributed by atoms with Crippen molar-refractivity contribution < 1.29 is 18.7 Å². The molecule has 6 atom stereocenters. The molecule has 0 unspecified atom stereocenters. The first-order valence-corrected chi connectivity index (χ1v) is 20.5. The van der Waals surface area contributed by atoms with Gasteiger partial charge in [0.1, 0.15) is 30.5 Å². The summed E-state index contributed by atoms with van der Waals surface area (Å²) in [4.78, 5) is 29.3. The summed E-state index contributed by atoms with van der Waals surface area (Å²) in [5.74, 6) is 2.65. The van der Waals surface area contributed by atoms with E-state index in [1.807, 2.05) is 24.3 Å². The van der Waals surface area contributed by atoms with E-state index in [0.717, 1.165) is 116 Å². The van der Waals surface area contributed by atoms with Gasteiger partial charge in [-0.15, -0.1) is 0 Å². The van der Waals surface area contributed by atoms with Crippen LogP contribution in [0.3, 0.4) is 0 Å². The number of allylic oxidation sites excluding steroid dienone is 1. The van der Waals surface area contributed by atoms with Gasteiger partial charge in [-0.25, -0.2) is 9.37 Å². The normalized spacial score (nSPS) is 27.9. The van der Waals surface area contributed by atoms with Crippen LogP contribution in [0.4, 0.5) is 5.69 Å². The van der Waals surface area contributed by atoms with Gasteiger partial charge in [-0.05, 0) is 132 Å². The summed E-state index contributed by atoms with van der Waals surface area (Å²) in [5.41, 5.74) is 6.90. The Kier molecular flexibility index (Phi) is 9.40. The van der Waals surface area contributed by atoms with Gasteiger partial charge in [0.15, 0.2) is 5.78 Å². The number of hydrogen-bond donors (Lipinski definition) is 0. The minimum absolute atomic E-state index is 0.0412. The molecule has 1 aliphatic heterocycles. The van der Waals surface area contributed by atoms with Crippen LogP contribution in [-0.4, -0.2) is 44.0 Å². The number of fused-ring (bicyclic) bond motifs is 7. The quantitative estimate of drug-likeness (QED) is 0.103. The fraction of sp³-hybridized carbons (Fsp3) is 0.511. The van der Waals surface area contributed by atoms with E-state index < -0.39 is 0 Å². The predicted octanol–water partition coefficient (Wildman–Crippen LogP) is 9.92. The Labute approximate surface area is 315 Å². The highest BCUT2D eigenvalue weighted by Crippen LogP contribution is 2.65. The van der Waals surface area contributed by atoms with Crippen LogP contribution < -0.4 is 14.8 Å². The number of benzene rings is 3. The van der Waals surface area contributed by atoms with Crippen LogP contribution in [-0.2, 0) is 9.53 Å². The number of carbonyl (C=O) groups excluding carboxylic acids is 2. The van der Waals surface area contributed by atoms with E-state index in [1.165, 1.54) is 5.57 Å². The van der Waals surface area contributed by atoms with Gasteiger partial charge >= 0.3 is 5.97 Å². The third-order valence-electron chi connectivity index (χ3n) is 14.5. The summed E-state index contributed by atoms with van der Waals surface area (Å²) < 4.78 is 15.8. The Bertz CT molecular complexity index is 2130. The van der Waals surface area contributed by atoms with Crippen molar-refractivity contribution in [3.8, 4) is 22.5 Å². The van der Waals surface area contributed by atoms with Crippen LogP contribution in [0.5, 0.6) is 0 Å². The SMILES string of the molecule is CCN(CC)c1ccc2c(-c3ccccc3C(=O)O[C@H]3CC[C@H]4[C@@H]5CCC6=CC(=O)CC[C@]6(C)[C@H]5CC[C@]34C)c3ccc(=[N+](CC)CC)cc-3oc2c1. The van der Waals surface area contributed by atoms with E-state index >= 15 is 0 Å². The summed E-state index contributed by atoms with van der Waals surface area (Å²) in [6, 6.07) is 21.0. The third-order valence-corrected chi connectivity index (χ3v) is 14.5. The van der Waals surface area contributed by atoms with Gasteiger partial charge in [-0.2, -0.15) is 0 Å².